The molecule has 0 fully saturated rings. The van der Waals surface area contributed by atoms with Crippen LogP contribution in [0.4, 0.5) is 0 Å². The van der Waals surface area contributed by atoms with Crippen molar-refractivity contribution < 1.29 is 0 Å². The first-order chi connectivity index (χ1) is 7.22. The van der Waals surface area contributed by atoms with Gasteiger partial charge in [0.15, 0.2) is 0 Å². The van der Waals surface area contributed by atoms with Gasteiger partial charge in [0.05, 0.1) is 11.9 Å². The molecule has 78 valence electrons. The Balaban J connectivity index is 2.45. The summed E-state index contributed by atoms with van der Waals surface area (Å²) in [6.07, 6.45) is 1.66. The van der Waals surface area contributed by atoms with E-state index in [0.29, 0.717) is 16.7 Å². The number of nitrogens with zero attached hydrogens (tertiary/aromatic N) is 2. The molecule has 0 aliphatic rings. The minimum atomic E-state index is 0.381. The molecule has 3 nitrogen and oxygen atoms in total. The van der Waals surface area contributed by atoms with Crippen molar-refractivity contribution in [1.82, 2.24) is 9.78 Å². The zero-order valence-electron chi connectivity index (χ0n) is 7.82. The van der Waals surface area contributed by atoms with Crippen LogP contribution in [0.1, 0.15) is 5.56 Å². The van der Waals surface area contributed by atoms with Crippen LogP contribution in [-0.2, 0) is 6.54 Å². The smallest absolute Gasteiger partial charge is 0.137 e. The van der Waals surface area contributed by atoms with Crippen molar-refractivity contribution in [3.8, 4) is 5.69 Å². The molecule has 2 N–H and O–H groups in total. The third-order valence-corrected chi connectivity index (χ3v) is 2.73. The zero-order chi connectivity index (χ0) is 10.8. The number of aromatic nitrogens is 2. The summed E-state index contributed by atoms with van der Waals surface area (Å²) in [7, 11) is 0. The molecule has 0 aliphatic carbocycles. The van der Waals surface area contributed by atoms with Crippen LogP contribution in [0.25, 0.3) is 5.69 Å². The second kappa shape index (κ2) is 4.23. The summed E-state index contributed by atoms with van der Waals surface area (Å²) >= 11 is 11.9. The summed E-state index contributed by atoms with van der Waals surface area (Å²) in [4.78, 5) is 0. The van der Waals surface area contributed by atoms with Gasteiger partial charge in [0.25, 0.3) is 0 Å². The molecular weight excluding hydrogens is 233 g/mol. The summed E-state index contributed by atoms with van der Waals surface area (Å²) in [6, 6.07) is 7.27. The van der Waals surface area contributed by atoms with Crippen molar-refractivity contribution in [2.24, 2.45) is 5.73 Å². The summed E-state index contributed by atoms with van der Waals surface area (Å²) in [5.74, 6) is 0. The maximum absolute atomic E-state index is 6.09. The van der Waals surface area contributed by atoms with E-state index in [4.69, 9.17) is 28.9 Å². The Kier molecular flexibility index (Phi) is 2.95. The minimum Gasteiger partial charge on any atom is -0.326 e. The van der Waals surface area contributed by atoms with E-state index in [2.05, 4.69) is 5.10 Å². The molecule has 5 heteroatoms. The number of halogens is 2. The highest BCUT2D eigenvalue weighted by molar-refractivity contribution is 6.31. The van der Waals surface area contributed by atoms with Crippen molar-refractivity contribution in [1.29, 1.82) is 0 Å². The Bertz CT molecular complexity index is 462. The van der Waals surface area contributed by atoms with Crippen molar-refractivity contribution in [3.05, 3.63) is 46.2 Å². The highest BCUT2D eigenvalue weighted by atomic mass is 35.5. The van der Waals surface area contributed by atoms with Gasteiger partial charge < -0.3 is 5.73 Å². The Morgan fingerprint density at radius 2 is 1.87 bits per heavy atom. The maximum atomic E-state index is 6.09. The fourth-order valence-electron chi connectivity index (χ4n) is 1.27. The summed E-state index contributed by atoms with van der Waals surface area (Å²) in [6.45, 7) is 0.381. The fourth-order valence-corrected chi connectivity index (χ4v) is 1.66. The van der Waals surface area contributed by atoms with Crippen LogP contribution < -0.4 is 5.73 Å². The predicted octanol–water partition coefficient (Wildman–Crippen LogP) is 2.64. The van der Waals surface area contributed by atoms with Crippen LogP contribution in [0.5, 0.6) is 0 Å². The van der Waals surface area contributed by atoms with E-state index in [1.54, 1.807) is 23.0 Å². The van der Waals surface area contributed by atoms with Crippen LogP contribution in [-0.4, -0.2) is 9.78 Å². The van der Waals surface area contributed by atoms with Crippen molar-refractivity contribution >= 4 is 23.2 Å². The topological polar surface area (TPSA) is 43.8 Å². The fraction of sp³-hybridized carbons (Fsp3) is 0.100. The third-order valence-electron chi connectivity index (χ3n) is 2.07. The molecule has 0 spiro atoms. The van der Waals surface area contributed by atoms with Gasteiger partial charge in [0, 0.05) is 17.1 Å². The van der Waals surface area contributed by atoms with Gasteiger partial charge in [-0.25, -0.2) is 4.68 Å². The Morgan fingerprint density at radius 3 is 2.40 bits per heavy atom. The first kappa shape index (κ1) is 10.5. The number of rotatable bonds is 2. The van der Waals surface area contributed by atoms with E-state index < -0.39 is 0 Å². The van der Waals surface area contributed by atoms with Crippen LogP contribution in [0.2, 0.25) is 10.2 Å². The average molecular weight is 242 g/mol. The molecule has 0 aliphatic heterocycles. The van der Waals surface area contributed by atoms with Gasteiger partial charge in [-0.1, -0.05) is 23.2 Å². The molecule has 0 bridgehead atoms. The molecule has 0 amide bonds. The van der Waals surface area contributed by atoms with Gasteiger partial charge in [-0.05, 0) is 24.3 Å². The lowest BCUT2D eigenvalue weighted by molar-refractivity contribution is 0.880. The average Bonchev–Trinajstić information content (AvgIpc) is 2.61. The number of nitrogens with two attached hydrogens (primary N) is 1. The predicted molar refractivity (Wildman–Crippen MR) is 61.5 cm³/mol. The Hall–Kier alpha value is -1.03. The Morgan fingerprint density at radius 1 is 1.20 bits per heavy atom. The van der Waals surface area contributed by atoms with Gasteiger partial charge in [-0.3, -0.25) is 0 Å². The lowest BCUT2D eigenvalue weighted by Gasteiger charge is -2.03. The largest absolute Gasteiger partial charge is 0.326 e. The summed E-state index contributed by atoms with van der Waals surface area (Å²) in [5, 5.41) is 5.37. The van der Waals surface area contributed by atoms with Crippen molar-refractivity contribution in [2.75, 3.05) is 0 Å². The monoisotopic (exact) mass is 241 g/mol. The molecule has 0 saturated carbocycles. The molecule has 0 atom stereocenters. The van der Waals surface area contributed by atoms with Gasteiger partial charge >= 0.3 is 0 Å². The normalized spacial score (nSPS) is 10.6. The molecule has 0 radical (unpaired) electrons. The molecule has 0 unspecified atom stereocenters. The lowest BCUT2D eigenvalue weighted by atomic mass is 10.3. The quantitative estimate of drug-likeness (QED) is 0.879. The van der Waals surface area contributed by atoms with E-state index >= 15 is 0 Å². The molecule has 2 aromatic rings. The highest BCUT2D eigenvalue weighted by Gasteiger charge is 2.08. The van der Waals surface area contributed by atoms with Gasteiger partial charge in [-0.15, -0.1) is 0 Å². The van der Waals surface area contributed by atoms with Crippen LogP contribution in [0.3, 0.4) is 0 Å². The molecule has 0 saturated heterocycles. The highest BCUT2D eigenvalue weighted by Crippen LogP contribution is 2.20. The van der Waals surface area contributed by atoms with E-state index in [1.165, 1.54) is 0 Å². The van der Waals surface area contributed by atoms with Crippen molar-refractivity contribution in [3.63, 3.8) is 0 Å². The van der Waals surface area contributed by atoms with E-state index in [1.807, 2.05) is 12.1 Å². The first-order valence-electron chi connectivity index (χ1n) is 4.41. The minimum absolute atomic E-state index is 0.381. The summed E-state index contributed by atoms with van der Waals surface area (Å²) in [5.41, 5.74) is 7.20. The SMILES string of the molecule is NCc1cnn(-c2ccc(Cl)cc2)c1Cl. The Labute approximate surface area is 97.4 Å². The van der Waals surface area contributed by atoms with E-state index in [9.17, 15) is 0 Å². The second-order valence-electron chi connectivity index (χ2n) is 3.05. The first-order valence-corrected chi connectivity index (χ1v) is 5.16. The van der Waals surface area contributed by atoms with E-state index in [0.717, 1.165) is 11.3 Å². The molecule has 15 heavy (non-hydrogen) atoms. The third kappa shape index (κ3) is 2.00. The standard InChI is InChI=1S/C10H9Cl2N3/c11-8-1-3-9(4-2-8)15-10(12)7(5-13)6-14-15/h1-4,6H,5,13H2. The molecule has 1 aromatic carbocycles. The van der Waals surface area contributed by atoms with Crippen LogP contribution in [0, 0.1) is 0 Å². The number of hydrogen-bond donors (Lipinski definition) is 1. The van der Waals surface area contributed by atoms with Crippen molar-refractivity contribution in [2.45, 2.75) is 6.54 Å². The second-order valence-corrected chi connectivity index (χ2v) is 3.85. The molecule has 1 heterocycles. The maximum Gasteiger partial charge on any atom is 0.137 e. The summed E-state index contributed by atoms with van der Waals surface area (Å²) < 4.78 is 1.63. The van der Waals surface area contributed by atoms with Gasteiger partial charge in [0.2, 0.25) is 0 Å². The number of hydrogen-bond acceptors (Lipinski definition) is 2. The zero-order valence-corrected chi connectivity index (χ0v) is 9.33. The van der Waals surface area contributed by atoms with Crippen LogP contribution in [0.15, 0.2) is 30.5 Å². The van der Waals surface area contributed by atoms with Gasteiger partial charge in [0.1, 0.15) is 5.15 Å². The molecule has 2 rings (SSSR count). The number of benzene rings is 1. The van der Waals surface area contributed by atoms with Crippen LogP contribution >= 0.6 is 23.2 Å². The van der Waals surface area contributed by atoms with Gasteiger partial charge in [-0.2, -0.15) is 5.10 Å². The van der Waals surface area contributed by atoms with E-state index in [-0.39, 0.29) is 0 Å². The lowest BCUT2D eigenvalue weighted by Crippen LogP contribution is -1.98. The molecule has 1 aromatic heterocycles. The molecular formula is C10H9Cl2N3.